The molecule has 0 bridgehead atoms. The van der Waals surface area contributed by atoms with Gasteiger partial charge in [-0.2, -0.15) is 0 Å². The Bertz CT molecular complexity index is 660. The van der Waals surface area contributed by atoms with Gasteiger partial charge >= 0.3 is 0 Å². The summed E-state index contributed by atoms with van der Waals surface area (Å²) in [5.41, 5.74) is 5.10. The zero-order chi connectivity index (χ0) is 15.0. The molecule has 0 unspecified atom stereocenters. The first-order valence-electron chi connectivity index (χ1n) is 8.11. The molecular formula is C19H22N2O. The standard InChI is InChI=1S/C19H22N2O/c1-15-11-18-17(12-20-15)14-22-19(18)7-9-21(10-8-19)13-16-5-3-2-4-6-16/h2-6,11-12H,7-10,13-14H2,1H3. The molecule has 1 aromatic carbocycles. The Hall–Kier alpha value is -1.71. The highest BCUT2D eigenvalue weighted by atomic mass is 16.5. The van der Waals surface area contributed by atoms with E-state index >= 15 is 0 Å². The molecule has 2 aromatic rings. The number of hydrogen-bond acceptors (Lipinski definition) is 3. The fraction of sp³-hybridized carbons (Fsp3) is 0.421. The smallest absolute Gasteiger partial charge is 0.0964 e. The van der Waals surface area contributed by atoms with Crippen LogP contribution in [0.15, 0.2) is 42.6 Å². The van der Waals surface area contributed by atoms with Gasteiger partial charge in [-0.05, 0) is 37.0 Å². The molecule has 1 fully saturated rings. The van der Waals surface area contributed by atoms with Gasteiger partial charge < -0.3 is 4.74 Å². The van der Waals surface area contributed by atoms with Gasteiger partial charge in [0.2, 0.25) is 0 Å². The van der Waals surface area contributed by atoms with Crippen LogP contribution in [-0.2, 0) is 23.5 Å². The molecule has 0 atom stereocenters. The maximum absolute atomic E-state index is 6.24. The molecule has 0 N–H and O–H groups in total. The van der Waals surface area contributed by atoms with Crippen molar-refractivity contribution < 1.29 is 4.74 Å². The Labute approximate surface area is 131 Å². The van der Waals surface area contributed by atoms with Gasteiger partial charge in [0.05, 0.1) is 12.2 Å². The molecule has 3 heteroatoms. The van der Waals surface area contributed by atoms with E-state index in [0.717, 1.165) is 44.8 Å². The molecule has 3 heterocycles. The largest absolute Gasteiger partial charge is 0.365 e. The van der Waals surface area contributed by atoms with Gasteiger partial charge in [0.15, 0.2) is 0 Å². The molecule has 1 saturated heterocycles. The van der Waals surface area contributed by atoms with Gasteiger partial charge in [0, 0.05) is 37.1 Å². The molecule has 3 nitrogen and oxygen atoms in total. The highest BCUT2D eigenvalue weighted by Gasteiger charge is 2.42. The normalized spacial score (nSPS) is 20.2. The number of pyridine rings is 1. The number of ether oxygens (including phenoxy) is 1. The third-order valence-corrected chi connectivity index (χ3v) is 5.03. The van der Waals surface area contributed by atoms with Gasteiger partial charge in [0.25, 0.3) is 0 Å². The summed E-state index contributed by atoms with van der Waals surface area (Å²) in [6, 6.07) is 13.0. The third kappa shape index (κ3) is 2.44. The summed E-state index contributed by atoms with van der Waals surface area (Å²) >= 11 is 0. The summed E-state index contributed by atoms with van der Waals surface area (Å²) in [5, 5.41) is 0. The molecule has 4 rings (SSSR count). The van der Waals surface area contributed by atoms with Gasteiger partial charge in [-0.3, -0.25) is 9.88 Å². The lowest BCUT2D eigenvalue weighted by Crippen LogP contribution is -2.42. The molecule has 0 aliphatic carbocycles. The average molecular weight is 294 g/mol. The second-order valence-electron chi connectivity index (χ2n) is 6.53. The molecule has 114 valence electrons. The van der Waals surface area contributed by atoms with Crippen LogP contribution in [-0.4, -0.2) is 23.0 Å². The van der Waals surface area contributed by atoms with E-state index in [1.807, 2.05) is 6.20 Å². The van der Waals surface area contributed by atoms with Crippen LogP contribution in [0.2, 0.25) is 0 Å². The zero-order valence-corrected chi connectivity index (χ0v) is 13.1. The molecule has 1 aromatic heterocycles. The van der Waals surface area contributed by atoms with Crippen LogP contribution < -0.4 is 0 Å². The Morgan fingerprint density at radius 3 is 2.73 bits per heavy atom. The third-order valence-electron chi connectivity index (χ3n) is 5.03. The predicted molar refractivity (Wildman–Crippen MR) is 86.4 cm³/mol. The molecule has 22 heavy (non-hydrogen) atoms. The Morgan fingerprint density at radius 1 is 1.18 bits per heavy atom. The lowest BCUT2D eigenvalue weighted by atomic mass is 9.84. The van der Waals surface area contributed by atoms with E-state index in [0.29, 0.717) is 0 Å². The number of piperidine rings is 1. The van der Waals surface area contributed by atoms with E-state index in [4.69, 9.17) is 4.74 Å². The Kier molecular flexibility index (Phi) is 3.47. The SMILES string of the molecule is Cc1cc2c(cn1)COC21CCN(Cc2ccccc2)CC1. The molecule has 2 aliphatic heterocycles. The number of hydrogen-bond donors (Lipinski definition) is 0. The van der Waals surface area contributed by atoms with Gasteiger partial charge in [0.1, 0.15) is 0 Å². The van der Waals surface area contributed by atoms with Crippen molar-refractivity contribution in [1.82, 2.24) is 9.88 Å². The van der Waals surface area contributed by atoms with Crippen LogP contribution in [0.5, 0.6) is 0 Å². The summed E-state index contributed by atoms with van der Waals surface area (Å²) in [7, 11) is 0. The minimum atomic E-state index is -0.0593. The molecule has 0 saturated carbocycles. The van der Waals surface area contributed by atoms with Crippen molar-refractivity contribution >= 4 is 0 Å². The summed E-state index contributed by atoms with van der Waals surface area (Å²) < 4.78 is 6.24. The van der Waals surface area contributed by atoms with Crippen LogP contribution in [0.25, 0.3) is 0 Å². The quantitative estimate of drug-likeness (QED) is 0.848. The molecule has 1 spiro atoms. The fourth-order valence-electron chi connectivity index (χ4n) is 3.75. The van der Waals surface area contributed by atoms with Crippen molar-refractivity contribution in [2.45, 2.75) is 38.5 Å². The van der Waals surface area contributed by atoms with Crippen molar-refractivity contribution in [2.24, 2.45) is 0 Å². The van der Waals surface area contributed by atoms with Crippen molar-refractivity contribution in [2.75, 3.05) is 13.1 Å². The molecular weight excluding hydrogens is 272 g/mol. The monoisotopic (exact) mass is 294 g/mol. The highest BCUT2D eigenvalue weighted by molar-refractivity contribution is 5.35. The minimum Gasteiger partial charge on any atom is -0.365 e. The van der Waals surface area contributed by atoms with E-state index in [2.05, 4.69) is 53.2 Å². The number of aryl methyl sites for hydroxylation is 1. The predicted octanol–water partition coefficient (Wildman–Crippen LogP) is 3.41. The van der Waals surface area contributed by atoms with Gasteiger partial charge in [-0.25, -0.2) is 0 Å². The second-order valence-corrected chi connectivity index (χ2v) is 6.53. The van der Waals surface area contributed by atoms with E-state index in [9.17, 15) is 0 Å². The Balaban J connectivity index is 1.48. The lowest BCUT2D eigenvalue weighted by molar-refractivity contribution is -0.0799. The van der Waals surface area contributed by atoms with Crippen LogP contribution in [0.1, 0.15) is 35.2 Å². The van der Waals surface area contributed by atoms with Crippen LogP contribution >= 0.6 is 0 Å². The minimum absolute atomic E-state index is 0.0593. The second kappa shape index (κ2) is 5.49. The number of aromatic nitrogens is 1. The summed E-state index contributed by atoms with van der Waals surface area (Å²) in [5.74, 6) is 0. The fourth-order valence-corrected chi connectivity index (χ4v) is 3.75. The first-order valence-corrected chi connectivity index (χ1v) is 8.11. The number of likely N-dealkylation sites (tertiary alicyclic amines) is 1. The van der Waals surface area contributed by atoms with E-state index in [-0.39, 0.29) is 5.60 Å². The van der Waals surface area contributed by atoms with Gasteiger partial charge in [-0.1, -0.05) is 30.3 Å². The summed E-state index contributed by atoms with van der Waals surface area (Å²) in [6.45, 7) is 6.02. The number of rotatable bonds is 2. The van der Waals surface area contributed by atoms with E-state index in [1.165, 1.54) is 16.7 Å². The van der Waals surface area contributed by atoms with Crippen molar-refractivity contribution in [1.29, 1.82) is 0 Å². The maximum Gasteiger partial charge on any atom is 0.0964 e. The van der Waals surface area contributed by atoms with Crippen molar-refractivity contribution in [3.63, 3.8) is 0 Å². The van der Waals surface area contributed by atoms with Crippen LogP contribution in [0.3, 0.4) is 0 Å². The molecule has 2 aliphatic rings. The van der Waals surface area contributed by atoms with Crippen LogP contribution in [0.4, 0.5) is 0 Å². The number of nitrogens with zero attached hydrogens (tertiary/aromatic N) is 2. The van der Waals surface area contributed by atoms with Gasteiger partial charge in [-0.15, -0.1) is 0 Å². The highest BCUT2D eigenvalue weighted by Crippen LogP contribution is 2.44. The lowest BCUT2D eigenvalue weighted by Gasteiger charge is -2.39. The first-order chi connectivity index (χ1) is 10.8. The van der Waals surface area contributed by atoms with E-state index in [1.54, 1.807) is 0 Å². The average Bonchev–Trinajstić information content (AvgIpc) is 2.89. The van der Waals surface area contributed by atoms with Crippen molar-refractivity contribution in [3.8, 4) is 0 Å². The zero-order valence-electron chi connectivity index (χ0n) is 13.1. The summed E-state index contributed by atoms with van der Waals surface area (Å²) in [6.07, 6.45) is 4.16. The molecule has 0 radical (unpaired) electrons. The number of benzene rings is 1. The van der Waals surface area contributed by atoms with Crippen LogP contribution in [0, 0.1) is 6.92 Å². The first kappa shape index (κ1) is 13.9. The summed E-state index contributed by atoms with van der Waals surface area (Å²) in [4.78, 5) is 6.95. The molecule has 0 amide bonds. The maximum atomic E-state index is 6.24. The topological polar surface area (TPSA) is 25.4 Å². The number of fused-ring (bicyclic) bond motifs is 2. The Morgan fingerprint density at radius 2 is 1.95 bits per heavy atom. The van der Waals surface area contributed by atoms with E-state index < -0.39 is 0 Å². The van der Waals surface area contributed by atoms with Crippen molar-refractivity contribution in [3.05, 3.63) is 65.0 Å².